The van der Waals surface area contributed by atoms with Gasteiger partial charge in [0, 0.05) is 12.6 Å². The molecule has 8 nitrogen and oxygen atoms in total. The molecule has 0 atom stereocenters. The predicted octanol–water partition coefficient (Wildman–Crippen LogP) is 4.29. The number of carbonyl (C=O) groups excluding carboxylic acids is 1. The Hall–Kier alpha value is -3.33. The van der Waals surface area contributed by atoms with E-state index in [9.17, 15) is 13.2 Å². The molecule has 0 unspecified atom stereocenters. The number of nitrogens with one attached hydrogen (secondary N) is 2. The van der Waals surface area contributed by atoms with Gasteiger partial charge in [0.1, 0.15) is 10.6 Å². The summed E-state index contributed by atoms with van der Waals surface area (Å²) in [4.78, 5) is 11.5. The number of anilines is 2. The molecule has 164 valence electrons. The predicted molar refractivity (Wildman–Crippen MR) is 119 cm³/mol. The van der Waals surface area contributed by atoms with Crippen molar-refractivity contribution >= 4 is 27.5 Å². The van der Waals surface area contributed by atoms with Crippen LogP contribution in [0.25, 0.3) is 11.1 Å². The molecule has 0 aliphatic carbocycles. The number of aromatic nitrogens is 1. The van der Waals surface area contributed by atoms with E-state index in [2.05, 4.69) is 15.2 Å². The van der Waals surface area contributed by atoms with Gasteiger partial charge in [0.25, 0.3) is 10.0 Å². The minimum absolute atomic E-state index is 0.0383. The van der Waals surface area contributed by atoms with Crippen LogP contribution in [-0.2, 0) is 21.2 Å². The minimum Gasteiger partial charge on any atom is -0.495 e. The molecule has 0 bridgehead atoms. The highest BCUT2D eigenvalue weighted by Crippen LogP contribution is 2.37. The second kappa shape index (κ2) is 8.81. The summed E-state index contributed by atoms with van der Waals surface area (Å²) < 4.78 is 39.7. The van der Waals surface area contributed by atoms with Crippen LogP contribution < -0.4 is 14.8 Å². The molecule has 1 aromatic heterocycles. The number of ether oxygens (including phenoxy) is 1. The molecule has 0 saturated carbocycles. The number of sulfonamides is 1. The van der Waals surface area contributed by atoms with Crippen LogP contribution in [0.4, 0.5) is 11.6 Å². The highest BCUT2D eigenvalue weighted by atomic mass is 32.2. The molecule has 1 heterocycles. The van der Waals surface area contributed by atoms with Gasteiger partial charge in [-0.05, 0) is 61.2 Å². The van der Waals surface area contributed by atoms with Crippen LogP contribution >= 0.6 is 0 Å². The van der Waals surface area contributed by atoms with Gasteiger partial charge in [0.2, 0.25) is 11.8 Å². The fraction of sp³-hybridized carbons (Fsp3) is 0.273. The van der Waals surface area contributed by atoms with Crippen LogP contribution in [0.2, 0.25) is 0 Å². The average Bonchev–Trinajstić information content (AvgIpc) is 3.08. The van der Waals surface area contributed by atoms with Crippen molar-refractivity contribution in [2.24, 2.45) is 0 Å². The molecule has 2 N–H and O–H groups in total. The Kier molecular flexibility index (Phi) is 6.35. The largest absolute Gasteiger partial charge is 0.495 e. The number of nitrogens with zero attached hydrogens (tertiary/aromatic N) is 1. The number of methoxy groups -OCH3 is 1. The fourth-order valence-electron chi connectivity index (χ4n) is 3.39. The monoisotopic (exact) mass is 443 g/mol. The third-order valence-corrected chi connectivity index (χ3v) is 6.01. The van der Waals surface area contributed by atoms with Crippen molar-refractivity contribution in [2.75, 3.05) is 17.1 Å². The van der Waals surface area contributed by atoms with Gasteiger partial charge in [-0.3, -0.25) is 14.8 Å². The first-order chi connectivity index (χ1) is 14.6. The molecule has 9 heteroatoms. The van der Waals surface area contributed by atoms with E-state index < -0.39 is 10.0 Å². The standard InChI is InChI=1S/C22H25N3O5S/c1-6-18-21(22(30-24-18)23-15(4)26)16-7-8-19(29-5)20(12-16)31(27,28)25-17-10-13(2)9-14(3)11-17/h7-12,25H,6H2,1-5H3,(H,23,26). The number of benzene rings is 2. The summed E-state index contributed by atoms with van der Waals surface area (Å²) in [7, 11) is -2.56. The summed E-state index contributed by atoms with van der Waals surface area (Å²) in [5.74, 6) is 0.0363. The lowest BCUT2D eigenvalue weighted by Gasteiger charge is -2.14. The van der Waals surface area contributed by atoms with E-state index in [4.69, 9.17) is 9.26 Å². The van der Waals surface area contributed by atoms with Gasteiger partial charge < -0.3 is 9.26 Å². The van der Waals surface area contributed by atoms with Crippen molar-refractivity contribution in [3.8, 4) is 16.9 Å². The molecule has 0 saturated heterocycles. The summed E-state index contributed by atoms with van der Waals surface area (Å²) in [5, 5.41) is 6.60. The Morgan fingerprint density at radius 1 is 1.13 bits per heavy atom. The zero-order valence-corrected chi connectivity index (χ0v) is 18.9. The van der Waals surface area contributed by atoms with Crippen molar-refractivity contribution in [3.63, 3.8) is 0 Å². The molecular weight excluding hydrogens is 418 g/mol. The van der Waals surface area contributed by atoms with Gasteiger partial charge in [0.05, 0.1) is 18.4 Å². The maximum atomic E-state index is 13.2. The highest BCUT2D eigenvalue weighted by molar-refractivity contribution is 7.92. The summed E-state index contributed by atoms with van der Waals surface area (Å²) in [6, 6.07) is 10.2. The maximum Gasteiger partial charge on any atom is 0.265 e. The van der Waals surface area contributed by atoms with E-state index in [-0.39, 0.29) is 22.4 Å². The molecule has 0 aliphatic heterocycles. The van der Waals surface area contributed by atoms with Gasteiger partial charge >= 0.3 is 0 Å². The minimum atomic E-state index is -3.97. The van der Waals surface area contributed by atoms with Crippen molar-refractivity contribution in [1.82, 2.24) is 5.16 Å². The van der Waals surface area contributed by atoms with Crippen molar-refractivity contribution in [3.05, 3.63) is 53.2 Å². The number of rotatable bonds is 7. The normalized spacial score (nSPS) is 11.3. The molecule has 0 spiro atoms. The fourth-order valence-corrected chi connectivity index (χ4v) is 4.63. The summed E-state index contributed by atoms with van der Waals surface area (Å²) in [6.45, 7) is 7.04. The lowest BCUT2D eigenvalue weighted by Crippen LogP contribution is -2.14. The Morgan fingerprint density at radius 2 is 1.81 bits per heavy atom. The van der Waals surface area contributed by atoms with E-state index in [0.29, 0.717) is 28.9 Å². The SMILES string of the molecule is CCc1noc(NC(C)=O)c1-c1ccc(OC)c(S(=O)(=O)Nc2cc(C)cc(C)c2)c1. The third-order valence-electron chi connectivity index (χ3n) is 4.60. The van der Waals surface area contributed by atoms with Gasteiger partial charge in [0.15, 0.2) is 0 Å². The van der Waals surface area contributed by atoms with Crippen molar-refractivity contribution in [2.45, 2.75) is 39.0 Å². The lowest BCUT2D eigenvalue weighted by atomic mass is 10.0. The number of amides is 1. The Bertz CT molecular complexity index is 1210. The smallest absolute Gasteiger partial charge is 0.265 e. The first kappa shape index (κ1) is 22.4. The molecule has 3 aromatic rings. The van der Waals surface area contributed by atoms with E-state index in [0.717, 1.165) is 11.1 Å². The maximum absolute atomic E-state index is 13.2. The Morgan fingerprint density at radius 3 is 2.39 bits per heavy atom. The Balaban J connectivity index is 2.11. The number of hydrogen-bond acceptors (Lipinski definition) is 6. The Labute approximate surface area is 181 Å². The molecule has 2 aromatic carbocycles. The zero-order chi connectivity index (χ0) is 22.8. The molecular formula is C22H25N3O5S. The molecule has 0 aliphatic rings. The van der Waals surface area contributed by atoms with E-state index >= 15 is 0 Å². The number of hydrogen-bond donors (Lipinski definition) is 2. The topological polar surface area (TPSA) is 111 Å². The first-order valence-electron chi connectivity index (χ1n) is 9.70. The average molecular weight is 444 g/mol. The van der Waals surface area contributed by atoms with Gasteiger partial charge in [-0.2, -0.15) is 0 Å². The van der Waals surface area contributed by atoms with Crippen LogP contribution in [0.5, 0.6) is 5.75 Å². The molecule has 0 fully saturated rings. The quantitative estimate of drug-likeness (QED) is 0.564. The van der Waals surface area contributed by atoms with Gasteiger partial charge in [-0.15, -0.1) is 0 Å². The molecule has 3 rings (SSSR count). The molecule has 1 amide bonds. The second-order valence-corrected chi connectivity index (χ2v) is 8.87. The number of carbonyl (C=O) groups is 1. The van der Waals surface area contributed by atoms with Crippen molar-refractivity contribution < 1.29 is 22.5 Å². The third kappa shape index (κ3) is 4.88. The highest BCUT2D eigenvalue weighted by Gasteiger charge is 2.24. The van der Waals surface area contributed by atoms with Crippen molar-refractivity contribution in [1.29, 1.82) is 0 Å². The van der Waals surface area contributed by atoms with Crippen LogP contribution in [0, 0.1) is 13.8 Å². The summed E-state index contributed by atoms with van der Waals surface area (Å²) in [5.41, 5.74) is 4.00. The molecule has 0 radical (unpaired) electrons. The first-order valence-corrected chi connectivity index (χ1v) is 11.2. The van der Waals surface area contributed by atoms with E-state index in [1.807, 2.05) is 26.8 Å². The van der Waals surface area contributed by atoms with Crippen LogP contribution in [-0.4, -0.2) is 26.6 Å². The van der Waals surface area contributed by atoms with E-state index in [1.165, 1.54) is 20.1 Å². The lowest BCUT2D eigenvalue weighted by molar-refractivity contribution is -0.114. The number of aryl methyl sites for hydroxylation is 3. The van der Waals surface area contributed by atoms with E-state index in [1.54, 1.807) is 24.3 Å². The van der Waals surface area contributed by atoms with Gasteiger partial charge in [-0.25, -0.2) is 8.42 Å². The molecule has 31 heavy (non-hydrogen) atoms. The van der Waals surface area contributed by atoms with Crippen LogP contribution in [0.15, 0.2) is 45.8 Å². The van der Waals surface area contributed by atoms with Gasteiger partial charge in [-0.1, -0.05) is 24.2 Å². The summed E-state index contributed by atoms with van der Waals surface area (Å²) in [6.07, 6.45) is 0.535. The zero-order valence-electron chi connectivity index (χ0n) is 18.1. The van der Waals surface area contributed by atoms with Crippen LogP contribution in [0.1, 0.15) is 30.7 Å². The van der Waals surface area contributed by atoms with Crippen LogP contribution in [0.3, 0.4) is 0 Å². The summed E-state index contributed by atoms with van der Waals surface area (Å²) >= 11 is 0. The second-order valence-electron chi connectivity index (χ2n) is 7.22.